The molecule has 1 aromatic carbocycles. The molecule has 0 fully saturated rings. The third-order valence-corrected chi connectivity index (χ3v) is 4.46. The molecule has 5 heteroatoms. The summed E-state index contributed by atoms with van der Waals surface area (Å²) in [6.07, 6.45) is 1.66. The molecule has 1 aromatic heterocycles. The number of methoxy groups -OCH3 is 1. The Morgan fingerprint density at radius 3 is 2.79 bits per heavy atom. The van der Waals surface area contributed by atoms with E-state index in [0.29, 0.717) is 0 Å². The van der Waals surface area contributed by atoms with E-state index >= 15 is 0 Å². The predicted molar refractivity (Wildman–Crippen MR) is 88.7 cm³/mol. The Morgan fingerprint density at radius 1 is 1.38 bits per heavy atom. The number of ether oxygens (including phenoxy) is 1. The summed E-state index contributed by atoms with van der Waals surface area (Å²) in [5.74, 6) is 1.04. The Bertz CT molecular complexity index is 779. The molecule has 1 amide bonds. The molecule has 0 saturated heterocycles. The summed E-state index contributed by atoms with van der Waals surface area (Å²) in [5.41, 5.74) is 1.33. The molecule has 1 heterocycles. The number of fused-ring (bicyclic) bond motifs is 1. The van der Waals surface area contributed by atoms with Crippen LogP contribution in [0.4, 0.5) is 4.39 Å². The van der Waals surface area contributed by atoms with Crippen LogP contribution in [-0.2, 0) is 6.42 Å². The zero-order valence-corrected chi connectivity index (χ0v) is 14.4. The maximum Gasteiger partial charge on any atom is 0.251 e. The Hall–Kier alpha value is -2.30. The summed E-state index contributed by atoms with van der Waals surface area (Å²) in [6, 6.07) is 6.06. The SMILES string of the molecule is COc1ccc(C(=O)N[C@H]2CC(C)(C)Cc3oc(C)cc32)cc1F. The maximum absolute atomic E-state index is 13.8. The van der Waals surface area contributed by atoms with E-state index in [4.69, 9.17) is 9.15 Å². The first-order valence-electron chi connectivity index (χ1n) is 8.03. The number of aryl methyl sites for hydroxylation is 1. The van der Waals surface area contributed by atoms with Gasteiger partial charge in [-0.3, -0.25) is 4.79 Å². The standard InChI is InChI=1S/C19H22FNO3/c1-11-7-13-15(9-19(2,3)10-17(13)24-11)21-18(22)12-5-6-16(23-4)14(20)8-12/h5-8,15H,9-10H2,1-4H3,(H,21,22)/t15-/m0/s1. The minimum Gasteiger partial charge on any atom is -0.494 e. The average Bonchev–Trinajstić information content (AvgIpc) is 2.86. The van der Waals surface area contributed by atoms with E-state index in [1.807, 2.05) is 13.0 Å². The zero-order chi connectivity index (χ0) is 17.5. The highest BCUT2D eigenvalue weighted by atomic mass is 19.1. The van der Waals surface area contributed by atoms with Crippen LogP contribution in [0.5, 0.6) is 5.75 Å². The van der Waals surface area contributed by atoms with Crippen LogP contribution in [0.3, 0.4) is 0 Å². The van der Waals surface area contributed by atoms with Crippen LogP contribution in [0.25, 0.3) is 0 Å². The first kappa shape index (κ1) is 16.6. The normalized spacial score (nSPS) is 18.8. The summed E-state index contributed by atoms with van der Waals surface area (Å²) in [4.78, 5) is 12.5. The molecule has 1 atom stereocenters. The minimum atomic E-state index is -0.547. The van der Waals surface area contributed by atoms with Gasteiger partial charge in [-0.15, -0.1) is 0 Å². The van der Waals surface area contributed by atoms with Gasteiger partial charge in [0, 0.05) is 17.5 Å². The van der Waals surface area contributed by atoms with Crippen LogP contribution in [0.2, 0.25) is 0 Å². The van der Waals surface area contributed by atoms with Crippen molar-refractivity contribution >= 4 is 5.91 Å². The van der Waals surface area contributed by atoms with Gasteiger partial charge in [0.2, 0.25) is 0 Å². The minimum absolute atomic E-state index is 0.0282. The number of carbonyl (C=O) groups excluding carboxylic acids is 1. The number of amides is 1. The molecular weight excluding hydrogens is 309 g/mol. The largest absolute Gasteiger partial charge is 0.494 e. The van der Waals surface area contributed by atoms with Gasteiger partial charge < -0.3 is 14.5 Å². The molecule has 0 bridgehead atoms. The maximum atomic E-state index is 13.8. The number of carbonyl (C=O) groups is 1. The van der Waals surface area contributed by atoms with E-state index in [9.17, 15) is 9.18 Å². The van der Waals surface area contributed by atoms with E-state index in [1.165, 1.54) is 19.2 Å². The van der Waals surface area contributed by atoms with Crippen molar-refractivity contribution in [2.45, 2.75) is 39.7 Å². The molecule has 0 spiro atoms. The van der Waals surface area contributed by atoms with Crippen molar-refractivity contribution in [2.75, 3.05) is 7.11 Å². The van der Waals surface area contributed by atoms with Gasteiger partial charge in [-0.2, -0.15) is 0 Å². The Balaban J connectivity index is 1.85. The number of furan rings is 1. The number of halogens is 1. The van der Waals surface area contributed by atoms with Crippen molar-refractivity contribution < 1.29 is 18.3 Å². The number of rotatable bonds is 3. The molecule has 1 N–H and O–H groups in total. The van der Waals surface area contributed by atoms with Crippen molar-refractivity contribution in [1.29, 1.82) is 0 Å². The first-order chi connectivity index (χ1) is 11.3. The van der Waals surface area contributed by atoms with Crippen LogP contribution in [-0.4, -0.2) is 13.0 Å². The van der Waals surface area contributed by atoms with Crippen LogP contribution in [0.1, 0.15) is 53.8 Å². The topological polar surface area (TPSA) is 51.5 Å². The van der Waals surface area contributed by atoms with Crippen LogP contribution < -0.4 is 10.1 Å². The van der Waals surface area contributed by atoms with Gasteiger partial charge in [-0.05, 0) is 43.0 Å². The van der Waals surface area contributed by atoms with Crippen molar-refractivity contribution in [2.24, 2.45) is 5.41 Å². The van der Waals surface area contributed by atoms with Gasteiger partial charge in [0.1, 0.15) is 11.5 Å². The molecule has 24 heavy (non-hydrogen) atoms. The molecule has 0 unspecified atom stereocenters. The molecule has 3 rings (SSSR count). The van der Waals surface area contributed by atoms with Crippen molar-refractivity contribution in [3.05, 3.63) is 52.7 Å². The van der Waals surface area contributed by atoms with Gasteiger partial charge in [-0.1, -0.05) is 13.8 Å². The monoisotopic (exact) mass is 331 g/mol. The number of nitrogens with one attached hydrogen (secondary N) is 1. The molecule has 4 nitrogen and oxygen atoms in total. The summed E-state index contributed by atoms with van der Waals surface area (Å²) >= 11 is 0. The lowest BCUT2D eigenvalue weighted by Gasteiger charge is -2.34. The van der Waals surface area contributed by atoms with Crippen LogP contribution >= 0.6 is 0 Å². The van der Waals surface area contributed by atoms with Crippen LogP contribution in [0, 0.1) is 18.2 Å². The summed E-state index contributed by atoms with van der Waals surface area (Å²) in [5, 5.41) is 3.02. The van der Waals surface area contributed by atoms with E-state index in [0.717, 1.165) is 29.9 Å². The van der Waals surface area contributed by atoms with E-state index in [-0.39, 0.29) is 28.7 Å². The lowest BCUT2D eigenvalue weighted by molar-refractivity contribution is 0.0917. The molecule has 0 aliphatic heterocycles. The van der Waals surface area contributed by atoms with Crippen molar-refractivity contribution in [3.8, 4) is 5.75 Å². The third kappa shape index (κ3) is 3.16. The van der Waals surface area contributed by atoms with Gasteiger partial charge in [0.25, 0.3) is 5.91 Å². The quantitative estimate of drug-likeness (QED) is 0.918. The summed E-state index contributed by atoms with van der Waals surface area (Å²) < 4.78 is 24.5. The Labute approximate surface area is 141 Å². The average molecular weight is 331 g/mol. The van der Waals surface area contributed by atoms with E-state index in [1.54, 1.807) is 6.07 Å². The lowest BCUT2D eigenvalue weighted by atomic mass is 9.74. The number of hydrogen-bond acceptors (Lipinski definition) is 3. The molecule has 0 radical (unpaired) electrons. The Kier molecular flexibility index (Phi) is 4.11. The highest BCUT2D eigenvalue weighted by molar-refractivity contribution is 5.94. The highest BCUT2D eigenvalue weighted by Gasteiger charge is 2.35. The second kappa shape index (κ2) is 5.96. The summed E-state index contributed by atoms with van der Waals surface area (Å²) in [7, 11) is 1.39. The van der Waals surface area contributed by atoms with Crippen LogP contribution in [0.15, 0.2) is 28.7 Å². The first-order valence-corrected chi connectivity index (χ1v) is 8.03. The number of hydrogen-bond donors (Lipinski definition) is 1. The summed E-state index contributed by atoms with van der Waals surface area (Å²) in [6.45, 7) is 6.21. The smallest absolute Gasteiger partial charge is 0.251 e. The zero-order valence-electron chi connectivity index (χ0n) is 14.4. The van der Waals surface area contributed by atoms with Gasteiger partial charge in [0.15, 0.2) is 11.6 Å². The molecule has 0 saturated carbocycles. The molecule has 2 aromatic rings. The lowest BCUT2D eigenvalue weighted by Crippen LogP contribution is -2.36. The molecule has 128 valence electrons. The van der Waals surface area contributed by atoms with Gasteiger partial charge in [0.05, 0.1) is 13.2 Å². The second-order valence-corrected chi connectivity index (χ2v) is 7.16. The fourth-order valence-electron chi connectivity index (χ4n) is 3.36. The Morgan fingerprint density at radius 2 is 2.12 bits per heavy atom. The predicted octanol–water partition coefficient (Wildman–Crippen LogP) is 4.18. The highest BCUT2D eigenvalue weighted by Crippen LogP contribution is 2.42. The fourth-order valence-corrected chi connectivity index (χ4v) is 3.36. The van der Waals surface area contributed by atoms with E-state index in [2.05, 4.69) is 19.2 Å². The van der Waals surface area contributed by atoms with E-state index < -0.39 is 5.82 Å². The molecule has 1 aliphatic carbocycles. The molecular formula is C19H22FNO3. The van der Waals surface area contributed by atoms with Gasteiger partial charge >= 0.3 is 0 Å². The second-order valence-electron chi connectivity index (χ2n) is 7.16. The van der Waals surface area contributed by atoms with Crippen molar-refractivity contribution in [3.63, 3.8) is 0 Å². The molecule has 1 aliphatic rings. The fraction of sp³-hybridized carbons (Fsp3) is 0.421. The van der Waals surface area contributed by atoms with Crippen molar-refractivity contribution in [1.82, 2.24) is 5.32 Å². The number of benzene rings is 1. The third-order valence-electron chi connectivity index (χ3n) is 4.46. The van der Waals surface area contributed by atoms with Gasteiger partial charge in [-0.25, -0.2) is 4.39 Å².